The number of ether oxygens (including phenoxy) is 1. The summed E-state index contributed by atoms with van der Waals surface area (Å²) in [4.78, 5) is 37.1. The summed E-state index contributed by atoms with van der Waals surface area (Å²) in [6, 6.07) is 13.8. The summed E-state index contributed by atoms with van der Waals surface area (Å²) in [5.74, 6) is -0.354. The third kappa shape index (κ3) is 4.96. The van der Waals surface area contributed by atoms with Gasteiger partial charge in [0.15, 0.2) is 0 Å². The molecule has 0 radical (unpaired) electrons. The van der Waals surface area contributed by atoms with Crippen molar-refractivity contribution in [1.82, 2.24) is 19.4 Å². The maximum absolute atomic E-state index is 14.0. The molecule has 2 aromatic carbocycles. The van der Waals surface area contributed by atoms with E-state index in [2.05, 4.69) is 27.4 Å². The lowest BCUT2D eigenvalue weighted by Gasteiger charge is -2.24. The summed E-state index contributed by atoms with van der Waals surface area (Å²) < 4.78 is 6.98. The smallest absolute Gasteiger partial charge is 0.256 e. The summed E-state index contributed by atoms with van der Waals surface area (Å²) >= 11 is 1.57. The van der Waals surface area contributed by atoms with Gasteiger partial charge in [-0.3, -0.25) is 9.59 Å². The molecule has 8 nitrogen and oxygen atoms in total. The Morgan fingerprint density at radius 2 is 2.06 bits per heavy atom. The number of carbonyl (C=O) groups excluding carboxylic acids is 2. The van der Waals surface area contributed by atoms with Crippen LogP contribution in [0.4, 0.5) is 5.69 Å². The number of imidazole rings is 1. The van der Waals surface area contributed by atoms with E-state index in [1.165, 1.54) is 12.7 Å². The lowest BCUT2D eigenvalue weighted by Crippen LogP contribution is -2.31. The molecule has 2 aromatic heterocycles. The van der Waals surface area contributed by atoms with Gasteiger partial charge in [0.05, 0.1) is 29.0 Å². The fraction of sp³-hybridized carbons (Fsp3) is 0.308. The Labute approximate surface area is 207 Å². The van der Waals surface area contributed by atoms with Crippen LogP contribution in [0, 0.1) is 0 Å². The molecule has 0 spiro atoms. The third-order valence-electron chi connectivity index (χ3n) is 6.24. The first-order valence-electron chi connectivity index (χ1n) is 11.7. The number of benzene rings is 2. The summed E-state index contributed by atoms with van der Waals surface area (Å²) in [7, 11) is 1.47. The van der Waals surface area contributed by atoms with Crippen LogP contribution in [0.15, 0.2) is 60.4 Å². The van der Waals surface area contributed by atoms with Gasteiger partial charge in [-0.05, 0) is 37.0 Å². The number of anilines is 1. The van der Waals surface area contributed by atoms with Gasteiger partial charge in [-0.25, -0.2) is 9.97 Å². The summed E-state index contributed by atoms with van der Waals surface area (Å²) in [5, 5.41) is 5.73. The average Bonchev–Trinajstić information content (AvgIpc) is 3.63. The third-order valence-corrected chi connectivity index (χ3v) is 7.11. The van der Waals surface area contributed by atoms with Gasteiger partial charge in [-0.1, -0.05) is 30.3 Å². The largest absolute Gasteiger partial charge is 0.375 e. The highest BCUT2D eigenvalue weighted by Crippen LogP contribution is 2.36. The van der Waals surface area contributed by atoms with E-state index in [1.807, 2.05) is 33.0 Å². The molecule has 35 heavy (non-hydrogen) atoms. The fourth-order valence-electron chi connectivity index (χ4n) is 4.66. The first-order chi connectivity index (χ1) is 17.1. The van der Waals surface area contributed by atoms with Crippen LogP contribution >= 0.6 is 11.3 Å². The van der Waals surface area contributed by atoms with Crippen LogP contribution in [-0.2, 0) is 22.5 Å². The van der Waals surface area contributed by atoms with Crippen molar-refractivity contribution in [3.63, 3.8) is 0 Å². The molecule has 1 aliphatic heterocycles. The van der Waals surface area contributed by atoms with Gasteiger partial charge in [0.2, 0.25) is 5.91 Å². The lowest BCUT2D eigenvalue weighted by atomic mass is 10.1. The molecule has 2 amide bonds. The van der Waals surface area contributed by atoms with Crippen molar-refractivity contribution in [2.24, 2.45) is 0 Å². The molecule has 1 atom stereocenters. The predicted molar refractivity (Wildman–Crippen MR) is 136 cm³/mol. The highest BCUT2D eigenvalue weighted by atomic mass is 32.1. The Hall–Kier alpha value is -3.56. The molecule has 4 aromatic rings. The Morgan fingerprint density at radius 1 is 1.20 bits per heavy atom. The Kier molecular flexibility index (Phi) is 6.87. The zero-order valence-electron chi connectivity index (χ0n) is 19.5. The molecule has 180 valence electrons. The number of carbonyl (C=O) groups is 2. The Morgan fingerprint density at radius 3 is 2.83 bits per heavy atom. The van der Waals surface area contributed by atoms with Crippen LogP contribution in [0.1, 0.15) is 39.8 Å². The quantitative estimate of drug-likeness (QED) is 0.399. The van der Waals surface area contributed by atoms with Gasteiger partial charge in [0, 0.05) is 37.5 Å². The van der Waals surface area contributed by atoms with E-state index in [0.29, 0.717) is 29.9 Å². The summed E-state index contributed by atoms with van der Waals surface area (Å²) in [5.41, 5.74) is 3.72. The van der Waals surface area contributed by atoms with E-state index >= 15 is 0 Å². The number of aromatic nitrogens is 3. The van der Waals surface area contributed by atoms with E-state index in [0.717, 1.165) is 29.8 Å². The topological polar surface area (TPSA) is 89.3 Å². The molecule has 3 heterocycles. The molecule has 1 N–H and O–H groups in total. The highest BCUT2D eigenvalue weighted by molar-refractivity contribution is 7.09. The zero-order chi connectivity index (χ0) is 24.2. The number of thiazole rings is 1. The van der Waals surface area contributed by atoms with E-state index in [1.54, 1.807) is 36.0 Å². The normalized spacial score (nSPS) is 15.6. The molecule has 1 saturated heterocycles. The molecule has 0 aliphatic carbocycles. The lowest BCUT2D eigenvalue weighted by molar-refractivity contribution is -0.119. The van der Waals surface area contributed by atoms with Crippen LogP contribution < -0.4 is 5.32 Å². The number of methoxy groups -OCH3 is 1. The highest BCUT2D eigenvalue weighted by Gasteiger charge is 2.33. The zero-order valence-corrected chi connectivity index (χ0v) is 20.3. The average molecular weight is 490 g/mol. The first-order valence-corrected chi connectivity index (χ1v) is 12.5. The molecule has 1 aliphatic rings. The second-order valence-electron chi connectivity index (χ2n) is 8.57. The van der Waals surface area contributed by atoms with Crippen molar-refractivity contribution in [2.45, 2.75) is 31.8 Å². The molecule has 0 saturated carbocycles. The minimum absolute atomic E-state index is 0.0371. The molecule has 1 fully saturated rings. The van der Waals surface area contributed by atoms with Gasteiger partial charge >= 0.3 is 0 Å². The number of fused-ring (bicyclic) bond motifs is 1. The van der Waals surface area contributed by atoms with E-state index in [-0.39, 0.29) is 24.5 Å². The van der Waals surface area contributed by atoms with Gasteiger partial charge < -0.3 is 19.5 Å². The molecular weight excluding hydrogens is 462 g/mol. The Balaban J connectivity index is 1.52. The molecule has 0 unspecified atom stereocenters. The van der Waals surface area contributed by atoms with Crippen molar-refractivity contribution < 1.29 is 14.3 Å². The van der Waals surface area contributed by atoms with Gasteiger partial charge in [0.25, 0.3) is 5.91 Å². The molecule has 9 heteroatoms. The predicted octanol–water partition coefficient (Wildman–Crippen LogP) is 4.30. The second kappa shape index (κ2) is 10.4. The van der Waals surface area contributed by atoms with E-state index < -0.39 is 0 Å². The number of likely N-dealkylation sites (tertiary alicyclic amines) is 1. The van der Waals surface area contributed by atoms with Crippen LogP contribution in [0.25, 0.3) is 11.0 Å². The monoisotopic (exact) mass is 489 g/mol. The van der Waals surface area contributed by atoms with Crippen molar-refractivity contribution in [3.05, 3.63) is 76.5 Å². The minimum Gasteiger partial charge on any atom is -0.375 e. The van der Waals surface area contributed by atoms with Crippen LogP contribution in [0.2, 0.25) is 0 Å². The van der Waals surface area contributed by atoms with Crippen molar-refractivity contribution in [1.29, 1.82) is 0 Å². The van der Waals surface area contributed by atoms with Crippen LogP contribution in [-0.4, -0.2) is 51.5 Å². The van der Waals surface area contributed by atoms with Gasteiger partial charge in [-0.15, -0.1) is 11.3 Å². The van der Waals surface area contributed by atoms with Gasteiger partial charge in [-0.2, -0.15) is 0 Å². The van der Waals surface area contributed by atoms with Crippen LogP contribution in [0.5, 0.6) is 0 Å². The van der Waals surface area contributed by atoms with Crippen LogP contribution in [0.3, 0.4) is 0 Å². The second-order valence-corrected chi connectivity index (χ2v) is 9.50. The summed E-state index contributed by atoms with van der Waals surface area (Å²) in [6.45, 7) is 1.29. The number of nitrogens with one attached hydrogen (secondary N) is 1. The maximum Gasteiger partial charge on any atom is 0.256 e. The number of aryl methyl sites for hydroxylation is 2. The molecular formula is C26H27N5O3S. The summed E-state index contributed by atoms with van der Waals surface area (Å²) in [6.07, 6.45) is 6.19. The van der Waals surface area contributed by atoms with Gasteiger partial charge in [0.1, 0.15) is 11.6 Å². The minimum atomic E-state index is -0.282. The number of hydrogen-bond donors (Lipinski definition) is 1. The SMILES string of the molecule is COCC(=O)Nc1cc(C(=O)N2CCC[C@@H]2c2nccs2)c2c(c1)ncn2CCc1ccccc1. The van der Waals surface area contributed by atoms with Crippen molar-refractivity contribution in [2.75, 3.05) is 25.6 Å². The maximum atomic E-state index is 14.0. The van der Waals surface area contributed by atoms with Crippen molar-refractivity contribution in [3.8, 4) is 0 Å². The van der Waals surface area contributed by atoms with Crippen molar-refractivity contribution >= 4 is 39.9 Å². The molecule has 0 bridgehead atoms. The number of amides is 2. The number of nitrogens with zero attached hydrogens (tertiary/aromatic N) is 4. The van der Waals surface area contributed by atoms with E-state index in [4.69, 9.17) is 4.74 Å². The first kappa shape index (κ1) is 23.2. The fourth-order valence-corrected chi connectivity index (χ4v) is 5.44. The number of rotatable bonds is 8. The number of hydrogen-bond acceptors (Lipinski definition) is 6. The molecule has 5 rings (SSSR count). The Bertz CT molecular complexity index is 1320. The standard InChI is InChI=1S/C26H27N5O3S/c1-34-16-23(32)29-19-14-20(26(33)31-11-5-8-22(31)25-27-10-13-35-25)24-21(15-19)28-17-30(24)12-9-18-6-3-2-4-7-18/h2-4,6-7,10,13-15,17,22H,5,8-9,11-12,16H2,1H3,(H,29,32)/t22-/m1/s1. The van der Waals surface area contributed by atoms with E-state index in [9.17, 15) is 9.59 Å².